The number of alkyl halides is 1. The Morgan fingerprint density at radius 3 is 2.42 bits per heavy atom. The third kappa shape index (κ3) is 1.80. The largest absolute Gasteiger partial charge is 0.375 e. The summed E-state index contributed by atoms with van der Waals surface area (Å²) in [5, 5.41) is 17.1. The van der Waals surface area contributed by atoms with Gasteiger partial charge >= 0.3 is 0 Å². The van der Waals surface area contributed by atoms with Gasteiger partial charge in [0.1, 0.15) is 0 Å². The van der Waals surface area contributed by atoms with Crippen molar-refractivity contribution in [3.63, 3.8) is 0 Å². The minimum atomic E-state index is -1.61. The topological polar surface area (TPSA) is 44.0 Å². The summed E-state index contributed by atoms with van der Waals surface area (Å²) >= 11 is 0. The number of nitrogens with zero attached hydrogens (tertiary/aromatic N) is 1. The molecule has 62 valence electrons. The van der Waals surface area contributed by atoms with Crippen molar-refractivity contribution in [1.29, 1.82) is 5.26 Å². The number of aliphatic hydroxyl groups excluding tert-OH is 1. The summed E-state index contributed by atoms with van der Waals surface area (Å²) in [6, 6.07) is 9.57. The van der Waals surface area contributed by atoms with Crippen LogP contribution in [0.4, 0.5) is 4.39 Å². The lowest BCUT2D eigenvalue weighted by Gasteiger charge is -2.08. The van der Waals surface area contributed by atoms with Gasteiger partial charge in [-0.3, -0.25) is 0 Å². The van der Waals surface area contributed by atoms with Crippen LogP contribution in [0.15, 0.2) is 30.3 Å². The van der Waals surface area contributed by atoms with Crippen molar-refractivity contribution in [2.24, 2.45) is 0 Å². The summed E-state index contributed by atoms with van der Waals surface area (Å²) in [5.74, 6) is 0. The number of halogens is 1. The smallest absolute Gasteiger partial charge is 0.175 e. The number of hydrogen-bond donors (Lipinski definition) is 1. The van der Waals surface area contributed by atoms with Crippen molar-refractivity contribution >= 4 is 0 Å². The van der Waals surface area contributed by atoms with E-state index in [0.29, 0.717) is 5.56 Å². The molecule has 0 amide bonds. The zero-order valence-corrected chi connectivity index (χ0v) is 6.31. The molecular weight excluding hydrogens is 157 g/mol. The normalized spacial score (nSPS) is 14.8. The Kier molecular flexibility index (Phi) is 2.78. The van der Waals surface area contributed by atoms with Crippen LogP contribution in [0, 0.1) is 11.3 Å². The van der Waals surface area contributed by atoms with Crippen LogP contribution in [0.2, 0.25) is 0 Å². The Balaban J connectivity index is 2.80. The van der Waals surface area contributed by atoms with Crippen LogP contribution in [0.3, 0.4) is 0 Å². The van der Waals surface area contributed by atoms with Gasteiger partial charge in [0.2, 0.25) is 0 Å². The van der Waals surface area contributed by atoms with Gasteiger partial charge in [-0.05, 0) is 5.56 Å². The molecule has 2 nitrogen and oxygen atoms in total. The average Bonchev–Trinajstić information content (AvgIpc) is 2.17. The number of nitriles is 1. The Labute approximate surface area is 69.9 Å². The van der Waals surface area contributed by atoms with Crippen molar-refractivity contribution in [2.45, 2.75) is 12.3 Å². The van der Waals surface area contributed by atoms with Gasteiger partial charge in [-0.1, -0.05) is 30.3 Å². The van der Waals surface area contributed by atoms with Crippen LogP contribution in [-0.2, 0) is 0 Å². The summed E-state index contributed by atoms with van der Waals surface area (Å²) in [5.41, 5.74) is 0.326. The van der Waals surface area contributed by atoms with Crippen LogP contribution in [0.5, 0.6) is 0 Å². The maximum atomic E-state index is 13.1. The number of hydrogen-bond acceptors (Lipinski definition) is 2. The van der Waals surface area contributed by atoms with Gasteiger partial charge in [0.05, 0.1) is 6.07 Å². The summed E-state index contributed by atoms with van der Waals surface area (Å²) in [6.45, 7) is 0. The third-order valence-electron chi connectivity index (χ3n) is 1.53. The van der Waals surface area contributed by atoms with E-state index in [2.05, 4.69) is 0 Å². The van der Waals surface area contributed by atoms with Gasteiger partial charge in [-0.25, -0.2) is 4.39 Å². The second-order valence-electron chi connectivity index (χ2n) is 2.39. The number of benzene rings is 1. The minimum absolute atomic E-state index is 0.326. The molecule has 3 heteroatoms. The molecule has 1 aromatic rings. The highest BCUT2D eigenvalue weighted by atomic mass is 19.1. The van der Waals surface area contributed by atoms with Crippen LogP contribution in [0.1, 0.15) is 11.7 Å². The highest BCUT2D eigenvalue weighted by molar-refractivity contribution is 5.20. The van der Waals surface area contributed by atoms with E-state index in [9.17, 15) is 4.39 Å². The zero-order valence-electron chi connectivity index (χ0n) is 6.31. The molecule has 0 radical (unpaired) electrons. The summed E-state index contributed by atoms with van der Waals surface area (Å²) in [7, 11) is 0. The molecule has 1 N–H and O–H groups in total. The van der Waals surface area contributed by atoms with Crippen LogP contribution < -0.4 is 0 Å². The molecule has 0 bridgehead atoms. The third-order valence-corrected chi connectivity index (χ3v) is 1.53. The predicted molar refractivity (Wildman–Crippen MR) is 41.9 cm³/mol. The highest BCUT2D eigenvalue weighted by Crippen LogP contribution is 2.20. The monoisotopic (exact) mass is 165 g/mol. The van der Waals surface area contributed by atoms with E-state index in [1.165, 1.54) is 18.2 Å². The SMILES string of the molecule is N#C[C@H](O)[C@H](F)c1ccccc1. The molecule has 0 aromatic heterocycles. The predicted octanol–water partition coefficient (Wildman–Crippen LogP) is 1.58. The molecule has 0 fully saturated rings. The quantitative estimate of drug-likeness (QED) is 0.676. The van der Waals surface area contributed by atoms with E-state index in [-0.39, 0.29) is 0 Å². The van der Waals surface area contributed by atoms with E-state index < -0.39 is 12.3 Å². The molecule has 1 aromatic carbocycles. The lowest BCUT2D eigenvalue weighted by atomic mass is 10.1. The lowest BCUT2D eigenvalue weighted by Crippen LogP contribution is -2.11. The van der Waals surface area contributed by atoms with Crippen molar-refractivity contribution in [2.75, 3.05) is 0 Å². The first-order valence-electron chi connectivity index (χ1n) is 3.52. The van der Waals surface area contributed by atoms with Gasteiger partial charge in [0.15, 0.2) is 12.3 Å². The highest BCUT2D eigenvalue weighted by Gasteiger charge is 2.18. The van der Waals surface area contributed by atoms with Crippen LogP contribution in [-0.4, -0.2) is 11.2 Å². The van der Waals surface area contributed by atoms with Crippen LogP contribution in [0.25, 0.3) is 0 Å². The molecule has 12 heavy (non-hydrogen) atoms. The van der Waals surface area contributed by atoms with Crippen LogP contribution >= 0.6 is 0 Å². The molecule has 0 aliphatic carbocycles. The molecule has 0 saturated heterocycles. The van der Waals surface area contributed by atoms with Crippen molar-refractivity contribution in [1.82, 2.24) is 0 Å². The van der Waals surface area contributed by atoms with Gasteiger partial charge in [-0.2, -0.15) is 5.26 Å². The molecule has 0 aliphatic rings. The fraction of sp³-hybridized carbons (Fsp3) is 0.222. The Hall–Kier alpha value is -1.40. The molecule has 0 unspecified atom stereocenters. The minimum Gasteiger partial charge on any atom is -0.375 e. The van der Waals surface area contributed by atoms with Gasteiger partial charge in [0.25, 0.3) is 0 Å². The standard InChI is InChI=1S/C9H8FNO/c10-9(8(12)6-11)7-4-2-1-3-5-7/h1-5,8-9,12H/t8-,9+/m0/s1. The first kappa shape index (κ1) is 8.69. The van der Waals surface area contributed by atoms with E-state index in [0.717, 1.165) is 0 Å². The van der Waals surface area contributed by atoms with E-state index in [1.807, 2.05) is 0 Å². The summed E-state index contributed by atoms with van der Waals surface area (Å²) < 4.78 is 13.1. The van der Waals surface area contributed by atoms with Crippen molar-refractivity contribution < 1.29 is 9.50 Å². The van der Waals surface area contributed by atoms with Gasteiger partial charge in [0, 0.05) is 0 Å². The maximum Gasteiger partial charge on any atom is 0.175 e. The lowest BCUT2D eigenvalue weighted by molar-refractivity contribution is 0.122. The molecule has 1 rings (SSSR count). The summed E-state index contributed by atoms with van der Waals surface area (Å²) in [6.07, 6.45) is -3.19. The molecule has 0 aliphatic heterocycles. The maximum absolute atomic E-state index is 13.1. The number of aliphatic hydroxyl groups is 1. The Bertz CT molecular complexity index is 280. The summed E-state index contributed by atoms with van der Waals surface area (Å²) in [4.78, 5) is 0. The molecule has 0 saturated carbocycles. The molecule has 0 heterocycles. The average molecular weight is 165 g/mol. The van der Waals surface area contributed by atoms with E-state index >= 15 is 0 Å². The Morgan fingerprint density at radius 1 is 1.33 bits per heavy atom. The number of rotatable bonds is 2. The van der Waals surface area contributed by atoms with Gasteiger partial charge < -0.3 is 5.11 Å². The fourth-order valence-electron chi connectivity index (χ4n) is 0.885. The van der Waals surface area contributed by atoms with Crippen molar-refractivity contribution in [3.8, 4) is 6.07 Å². The first-order chi connectivity index (χ1) is 5.75. The Morgan fingerprint density at radius 2 is 1.92 bits per heavy atom. The van der Waals surface area contributed by atoms with E-state index in [1.54, 1.807) is 18.2 Å². The molecule has 2 atom stereocenters. The van der Waals surface area contributed by atoms with E-state index in [4.69, 9.17) is 10.4 Å². The molecule has 0 spiro atoms. The molecular formula is C9H8FNO. The fourth-order valence-corrected chi connectivity index (χ4v) is 0.885. The second kappa shape index (κ2) is 3.84. The second-order valence-corrected chi connectivity index (χ2v) is 2.39. The zero-order chi connectivity index (χ0) is 8.97. The van der Waals surface area contributed by atoms with Gasteiger partial charge in [-0.15, -0.1) is 0 Å². The van der Waals surface area contributed by atoms with Crippen molar-refractivity contribution in [3.05, 3.63) is 35.9 Å². The first-order valence-corrected chi connectivity index (χ1v) is 3.52.